The first-order valence-electron chi connectivity index (χ1n) is 5.66. The highest BCUT2D eigenvalue weighted by atomic mass is 16.3. The van der Waals surface area contributed by atoms with Crippen molar-refractivity contribution in [1.29, 1.82) is 0 Å². The van der Waals surface area contributed by atoms with Crippen molar-refractivity contribution in [2.24, 2.45) is 5.92 Å². The molecular formula is C12H16N2O3. The van der Waals surface area contributed by atoms with E-state index >= 15 is 0 Å². The fraction of sp³-hybridized carbons (Fsp3) is 0.500. The molecule has 1 amide bonds. The number of aromatic nitrogens is 1. The van der Waals surface area contributed by atoms with E-state index in [0.717, 1.165) is 0 Å². The highest BCUT2D eigenvalue weighted by molar-refractivity contribution is 5.94. The van der Waals surface area contributed by atoms with E-state index in [1.165, 1.54) is 12.4 Å². The van der Waals surface area contributed by atoms with Crippen LogP contribution in [-0.4, -0.2) is 39.4 Å². The molecule has 0 aliphatic heterocycles. The third-order valence-electron chi connectivity index (χ3n) is 3.23. The predicted octanol–water partition coefficient (Wildman–Crippen LogP) is -0.0584. The summed E-state index contributed by atoms with van der Waals surface area (Å²) in [5.41, 5.74) is 0.501. The first-order chi connectivity index (χ1) is 8.09. The Hall–Kier alpha value is -1.46. The van der Waals surface area contributed by atoms with Gasteiger partial charge in [-0.3, -0.25) is 9.78 Å². The summed E-state index contributed by atoms with van der Waals surface area (Å²) in [6.07, 6.45) is 2.00. The van der Waals surface area contributed by atoms with Crippen molar-refractivity contribution >= 4 is 5.91 Å². The van der Waals surface area contributed by atoms with E-state index in [0.29, 0.717) is 12.0 Å². The molecule has 1 heterocycles. The molecule has 3 N–H and O–H groups in total. The molecule has 0 radical (unpaired) electrons. The highest BCUT2D eigenvalue weighted by Gasteiger charge is 2.39. The lowest BCUT2D eigenvalue weighted by Gasteiger charge is -2.17. The summed E-state index contributed by atoms with van der Waals surface area (Å²) in [6.45, 7) is 1.85. The van der Waals surface area contributed by atoms with E-state index in [4.69, 9.17) is 0 Å². The molecule has 17 heavy (non-hydrogen) atoms. The molecule has 0 aromatic carbocycles. The maximum Gasteiger partial charge on any atom is 0.251 e. The molecule has 1 aromatic rings. The largest absolute Gasteiger partial charge is 0.390 e. The second-order valence-electron chi connectivity index (χ2n) is 4.51. The van der Waals surface area contributed by atoms with Crippen LogP contribution < -0.4 is 5.32 Å². The zero-order chi connectivity index (χ0) is 12.4. The van der Waals surface area contributed by atoms with Crippen LogP contribution in [0.25, 0.3) is 0 Å². The van der Waals surface area contributed by atoms with Crippen molar-refractivity contribution in [3.8, 4) is 0 Å². The second-order valence-corrected chi connectivity index (χ2v) is 4.51. The van der Waals surface area contributed by atoms with E-state index < -0.39 is 12.2 Å². The molecular weight excluding hydrogens is 220 g/mol. The van der Waals surface area contributed by atoms with Crippen molar-refractivity contribution < 1.29 is 15.0 Å². The number of aliphatic hydroxyl groups excluding tert-OH is 2. The summed E-state index contributed by atoms with van der Waals surface area (Å²) in [6, 6.07) is 2.83. The van der Waals surface area contributed by atoms with Crippen LogP contribution in [0.4, 0.5) is 0 Å². The van der Waals surface area contributed by atoms with Crippen LogP contribution in [0.2, 0.25) is 0 Å². The Kier molecular flexibility index (Phi) is 3.40. The number of carbonyl (C=O) groups excluding carboxylic acids is 1. The molecule has 2 rings (SSSR count). The summed E-state index contributed by atoms with van der Waals surface area (Å²) in [7, 11) is 0. The molecule has 1 fully saturated rings. The van der Waals surface area contributed by atoms with E-state index in [-0.39, 0.29) is 17.9 Å². The fourth-order valence-corrected chi connectivity index (χ4v) is 2.15. The van der Waals surface area contributed by atoms with Gasteiger partial charge in [0.25, 0.3) is 5.91 Å². The summed E-state index contributed by atoms with van der Waals surface area (Å²) in [4.78, 5) is 15.7. The third-order valence-corrected chi connectivity index (χ3v) is 3.23. The molecule has 1 saturated carbocycles. The molecule has 0 saturated heterocycles. The Morgan fingerprint density at radius 3 is 2.53 bits per heavy atom. The quantitative estimate of drug-likeness (QED) is 0.672. The predicted molar refractivity (Wildman–Crippen MR) is 61.3 cm³/mol. The molecule has 5 nitrogen and oxygen atoms in total. The van der Waals surface area contributed by atoms with Gasteiger partial charge >= 0.3 is 0 Å². The smallest absolute Gasteiger partial charge is 0.251 e. The van der Waals surface area contributed by atoms with Gasteiger partial charge in [0.05, 0.1) is 12.1 Å². The van der Waals surface area contributed by atoms with Crippen LogP contribution >= 0.6 is 0 Å². The van der Waals surface area contributed by atoms with E-state index in [9.17, 15) is 15.0 Å². The molecule has 5 heteroatoms. The average molecular weight is 236 g/mol. The zero-order valence-corrected chi connectivity index (χ0v) is 9.58. The molecule has 0 bridgehead atoms. The second kappa shape index (κ2) is 4.81. The zero-order valence-electron chi connectivity index (χ0n) is 9.58. The maximum atomic E-state index is 11.8. The molecule has 1 aromatic heterocycles. The summed E-state index contributed by atoms with van der Waals surface area (Å²) >= 11 is 0. The first kappa shape index (κ1) is 12.0. The number of aliphatic hydroxyl groups is 2. The van der Waals surface area contributed by atoms with Crippen molar-refractivity contribution in [2.45, 2.75) is 31.6 Å². The molecule has 4 atom stereocenters. The van der Waals surface area contributed by atoms with Crippen LogP contribution in [0.5, 0.6) is 0 Å². The van der Waals surface area contributed by atoms with Crippen LogP contribution in [0.3, 0.4) is 0 Å². The molecule has 0 spiro atoms. The van der Waals surface area contributed by atoms with Gasteiger partial charge in [0.2, 0.25) is 0 Å². The minimum Gasteiger partial charge on any atom is -0.390 e. The lowest BCUT2D eigenvalue weighted by atomic mass is 10.1. The third kappa shape index (κ3) is 2.45. The Morgan fingerprint density at radius 1 is 1.35 bits per heavy atom. The standard InChI is InChI=1S/C12H16N2O3/c1-7-6-9(11(16)10(7)15)14-12(17)8-2-4-13-5-3-8/h2-5,7,9-11,15-16H,6H2,1H3,(H,14,17)/t7-,9-,10-,11+/m1/s1. The van der Waals surface area contributed by atoms with Crippen LogP contribution in [0.1, 0.15) is 23.7 Å². The van der Waals surface area contributed by atoms with Crippen LogP contribution in [0, 0.1) is 5.92 Å². The summed E-state index contributed by atoms with van der Waals surface area (Å²) in [5.74, 6) is -0.259. The molecule has 1 aliphatic carbocycles. The number of rotatable bonds is 2. The Balaban J connectivity index is 2.01. The number of carbonyl (C=O) groups is 1. The number of nitrogens with one attached hydrogen (secondary N) is 1. The molecule has 1 aliphatic rings. The average Bonchev–Trinajstić information content (AvgIpc) is 2.58. The van der Waals surface area contributed by atoms with Gasteiger partial charge < -0.3 is 15.5 Å². The minimum absolute atomic E-state index is 0.00672. The van der Waals surface area contributed by atoms with Crippen LogP contribution in [0.15, 0.2) is 24.5 Å². The van der Waals surface area contributed by atoms with Crippen molar-refractivity contribution in [1.82, 2.24) is 10.3 Å². The lowest BCUT2D eigenvalue weighted by molar-refractivity contribution is 0.0145. The van der Waals surface area contributed by atoms with Crippen molar-refractivity contribution in [2.75, 3.05) is 0 Å². The monoisotopic (exact) mass is 236 g/mol. The fourth-order valence-electron chi connectivity index (χ4n) is 2.15. The van der Waals surface area contributed by atoms with Gasteiger partial charge in [-0.25, -0.2) is 0 Å². The Morgan fingerprint density at radius 2 is 2.00 bits per heavy atom. The Bertz CT molecular complexity index is 396. The number of amides is 1. The number of hydrogen-bond donors (Lipinski definition) is 3. The van der Waals surface area contributed by atoms with Crippen molar-refractivity contribution in [3.63, 3.8) is 0 Å². The van der Waals surface area contributed by atoms with Crippen LogP contribution in [-0.2, 0) is 0 Å². The van der Waals surface area contributed by atoms with Gasteiger partial charge in [-0.05, 0) is 24.5 Å². The maximum absolute atomic E-state index is 11.8. The van der Waals surface area contributed by atoms with Gasteiger partial charge in [-0.2, -0.15) is 0 Å². The van der Waals surface area contributed by atoms with E-state index in [1.54, 1.807) is 12.1 Å². The first-order valence-corrected chi connectivity index (χ1v) is 5.66. The van der Waals surface area contributed by atoms with Gasteiger partial charge in [-0.1, -0.05) is 6.92 Å². The molecule has 92 valence electrons. The lowest BCUT2D eigenvalue weighted by Crippen LogP contribution is -2.43. The summed E-state index contributed by atoms with van der Waals surface area (Å²) in [5, 5.41) is 22.1. The van der Waals surface area contributed by atoms with Gasteiger partial charge in [-0.15, -0.1) is 0 Å². The Labute approximate surface area is 99.5 Å². The molecule has 0 unspecified atom stereocenters. The normalized spacial score (nSPS) is 32.4. The number of nitrogens with zero attached hydrogens (tertiary/aromatic N) is 1. The minimum atomic E-state index is -0.893. The van der Waals surface area contributed by atoms with Crippen molar-refractivity contribution in [3.05, 3.63) is 30.1 Å². The number of hydrogen-bond acceptors (Lipinski definition) is 4. The summed E-state index contributed by atoms with van der Waals surface area (Å²) < 4.78 is 0. The van der Waals surface area contributed by atoms with Gasteiger partial charge in [0, 0.05) is 18.0 Å². The van der Waals surface area contributed by atoms with E-state index in [1.807, 2.05) is 6.92 Å². The topological polar surface area (TPSA) is 82.5 Å². The number of pyridine rings is 1. The highest BCUT2D eigenvalue weighted by Crippen LogP contribution is 2.26. The van der Waals surface area contributed by atoms with Gasteiger partial charge in [0.15, 0.2) is 0 Å². The van der Waals surface area contributed by atoms with E-state index in [2.05, 4.69) is 10.3 Å². The van der Waals surface area contributed by atoms with Gasteiger partial charge in [0.1, 0.15) is 6.10 Å². The SMILES string of the molecule is C[C@@H]1C[C@@H](NC(=O)c2ccncc2)[C@H](O)[C@@H]1O.